The monoisotopic (exact) mass is 401 g/mol. The maximum Gasteiger partial charge on any atom is 0.573 e. The SMILES string of the molecule is CC1(C)OB(c2cc(OC(F)(F)F)cc(C(=O)N3CCOCC3)c2)OC1(C)C. The van der Waals surface area contributed by atoms with E-state index in [1.165, 1.54) is 17.0 Å². The summed E-state index contributed by atoms with van der Waals surface area (Å²) >= 11 is 0. The van der Waals surface area contributed by atoms with E-state index in [9.17, 15) is 18.0 Å². The van der Waals surface area contributed by atoms with E-state index in [0.29, 0.717) is 26.3 Å². The summed E-state index contributed by atoms with van der Waals surface area (Å²) < 4.78 is 59.5. The first-order valence-corrected chi connectivity index (χ1v) is 9.01. The molecule has 2 heterocycles. The lowest BCUT2D eigenvalue weighted by molar-refractivity contribution is -0.274. The van der Waals surface area contributed by atoms with Crippen molar-refractivity contribution in [3.63, 3.8) is 0 Å². The van der Waals surface area contributed by atoms with Crippen LogP contribution in [0.25, 0.3) is 0 Å². The van der Waals surface area contributed by atoms with Gasteiger partial charge in [0, 0.05) is 18.7 Å². The first-order chi connectivity index (χ1) is 12.9. The maximum absolute atomic E-state index is 12.8. The standard InChI is InChI=1S/C18H23BF3NO5/c1-16(2)17(3,4)28-19(27-16)13-9-12(10-14(11-13)26-18(20,21)22)15(24)23-5-7-25-8-6-23/h9-11H,5-8H2,1-4H3. The number of carbonyl (C=O) groups is 1. The Morgan fingerprint density at radius 1 is 1.07 bits per heavy atom. The Morgan fingerprint density at radius 2 is 1.64 bits per heavy atom. The number of benzene rings is 1. The van der Waals surface area contributed by atoms with Crippen molar-refractivity contribution in [3.8, 4) is 5.75 Å². The van der Waals surface area contributed by atoms with E-state index in [0.717, 1.165) is 6.07 Å². The molecule has 0 radical (unpaired) electrons. The van der Waals surface area contributed by atoms with Gasteiger partial charge in [0.1, 0.15) is 5.75 Å². The molecule has 0 aromatic heterocycles. The normalized spacial score (nSPS) is 21.7. The highest BCUT2D eigenvalue weighted by Gasteiger charge is 2.52. The highest BCUT2D eigenvalue weighted by Crippen LogP contribution is 2.37. The first kappa shape index (κ1) is 20.9. The van der Waals surface area contributed by atoms with Crippen molar-refractivity contribution in [2.75, 3.05) is 26.3 Å². The summed E-state index contributed by atoms with van der Waals surface area (Å²) in [6.45, 7) is 8.85. The van der Waals surface area contributed by atoms with Crippen LogP contribution in [0, 0.1) is 0 Å². The van der Waals surface area contributed by atoms with Crippen LogP contribution >= 0.6 is 0 Å². The number of hydrogen-bond donors (Lipinski definition) is 0. The van der Waals surface area contributed by atoms with Gasteiger partial charge in [-0.3, -0.25) is 4.79 Å². The van der Waals surface area contributed by atoms with Gasteiger partial charge in [-0.05, 0) is 51.4 Å². The first-order valence-electron chi connectivity index (χ1n) is 9.01. The van der Waals surface area contributed by atoms with Crippen molar-refractivity contribution in [1.29, 1.82) is 0 Å². The van der Waals surface area contributed by atoms with Crippen LogP contribution in [0.15, 0.2) is 18.2 Å². The van der Waals surface area contributed by atoms with E-state index in [2.05, 4.69) is 4.74 Å². The van der Waals surface area contributed by atoms with Crippen molar-refractivity contribution in [2.45, 2.75) is 45.3 Å². The van der Waals surface area contributed by atoms with Gasteiger partial charge in [-0.2, -0.15) is 0 Å². The smallest absolute Gasteiger partial charge is 0.406 e. The highest BCUT2D eigenvalue weighted by atomic mass is 19.4. The topological polar surface area (TPSA) is 57.2 Å². The minimum atomic E-state index is -4.88. The Balaban J connectivity index is 1.95. The second-order valence-electron chi connectivity index (χ2n) is 7.83. The number of ether oxygens (including phenoxy) is 2. The zero-order chi connectivity index (χ0) is 20.7. The summed E-state index contributed by atoms with van der Waals surface area (Å²) in [6.07, 6.45) is -4.88. The van der Waals surface area contributed by atoms with Gasteiger partial charge in [-0.1, -0.05) is 0 Å². The third kappa shape index (κ3) is 4.44. The molecule has 154 valence electrons. The van der Waals surface area contributed by atoms with Gasteiger partial charge in [-0.25, -0.2) is 0 Å². The lowest BCUT2D eigenvalue weighted by Gasteiger charge is -2.32. The van der Waals surface area contributed by atoms with E-state index < -0.39 is 36.3 Å². The van der Waals surface area contributed by atoms with Crippen molar-refractivity contribution in [3.05, 3.63) is 23.8 Å². The number of halogens is 3. The zero-order valence-electron chi connectivity index (χ0n) is 16.3. The molecule has 1 amide bonds. The van der Waals surface area contributed by atoms with Crippen molar-refractivity contribution in [1.82, 2.24) is 4.90 Å². The minimum Gasteiger partial charge on any atom is -0.406 e. The second-order valence-corrected chi connectivity index (χ2v) is 7.83. The number of rotatable bonds is 3. The predicted octanol–water partition coefficient (Wildman–Crippen LogP) is 2.36. The van der Waals surface area contributed by atoms with E-state index in [-0.39, 0.29) is 11.0 Å². The molecular weight excluding hydrogens is 378 g/mol. The molecule has 6 nitrogen and oxygen atoms in total. The Morgan fingerprint density at radius 3 is 2.18 bits per heavy atom. The van der Waals surface area contributed by atoms with Crippen LogP contribution < -0.4 is 10.2 Å². The largest absolute Gasteiger partial charge is 0.573 e. The molecule has 0 atom stereocenters. The minimum absolute atomic E-state index is 0.0772. The highest BCUT2D eigenvalue weighted by molar-refractivity contribution is 6.62. The van der Waals surface area contributed by atoms with Crippen LogP contribution in [-0.2, 0) is 14.0 Å². The Hall–Kier alpha value is -1.78. The van der Waals surface area contributed by atoms with Gasteiger partial charge in [0.2, 0.25) is 0 Å². The molecule has 0 unspecified atom stereocenters. The molecule has 2 aliphatic heterocycles. The molecule has 0 bridgehead atoms. The van der Waals surface area contributed by atoms with Crippen molar-refractivity contribution in [2.24, 2.45) is 0 Å². The summed E-state index contributed by atoms with van der Waals surface area (Å²) in [5.74, 6) is -0.884. The Labute approximate surface area is 162 Å². The molecule has 0 saturated carbocycles. The fourth-order valence-corrected chi connectivity index (χ4v) is 3.00. The van der Waals surface area contributed by atoms with Crippen molar-refractivity contribution < 1.29 is 36.7 Å². The van der Waals surface area contributed by atoms with Crippen LogP contribution in [0.1, 0.15) is 38.1 Å². The quantitative estimate of drug-likeness (QED) is 0.728. The number of amides is 1. The maximum atomic E-state index is 12.8. The average molecular weight is 401 g/mol. The Kier molecular flexibility index (Phi) is 5.41. The van der Waals surface area contributed by atoms with Gasteiger partial charge < -0.3 is 23.7 Å². The van der Waals surface area contributed by atoms with Gasteiger partial charge in [0.05, 0.1) is 24.4 Å². The summed E-state index contributed by atoms with van der Waals surface area (Å²) in [5, 5.41) is 0. The van der Waals surface area contributed by atoms with E-state index >= 15 is 0 Å². The molecule has 28 heavy (non-hydrogen) atoms. The zero-order valence-corrected chi connectivity index (χ0v) is 16.3. The van der Waals surface area contributed by atoms with Crippen LogP contribution in [0.2, 0.25) is 0 Å². The van der Waals surface area contributed by atoms with E-state index in [1.807, 2.05) is 27.7 Å². The van der Waals surface area contributed by atoms with Gasteiger partial charge in [0.15, 0.2) is 0 Å². The fraction of sp³-hybridized carbons (Fsp3) is 0.611. The molecule has 0 N–H and O–H groups in total. The van der Waals surface area contributed by atoms with Crippen LogP contribution in [0.3, 0.4) is 0 Å². The lowest BCUT2D eigenvalue weighted by atomic mass is 9.78. The molecule has 3 rings (SSSR count). The molecule has 2 saturated heterocycles. The summed E-state index contributed by atoms with van der Waals surface area (Å²) in [5.41, 5.74) is -0.981. The van der Waals surface area contributed by atoms with Crippen LogP contribution in [0.5, 0.6) is 5.75 Å². The number of alkyl halides is 3. The summed E-state index contributed by atoms with van der Waals surface area (Å²) in [6, 6.07) is 3.76. The third-order valence-electron chi connectivity index (χ3n) is 5.23. The average Bonchev–Trinajstić information content (AvgIpc) is 2.81. The fourth-order valence-electron chi connectivity index (χ4n) is 3.00. The molecule has 0 aliphatic carbocycles. The van der Waals surface area contributed by atoms with Gasteiger partial charge in [0.25, 0.3) is 5.91 Å². The lowest BCUT2D eigenvalue weighted by Crippen LogP contribution is -2.41. The molecule has 0 spiro atoms. The number of carbonyl (C=O) groups excluding carboxylic acids is 1. The Bertz CT molecular complexity index is 731. The summed E-state index contributed by atoms with van der Waals surface area (Å²) in [4.78, 5) is 14.3. The second kappa shape index (κ2) is 7.24. The number of hydrogen-bond acceptors (Lipinski definition) is 5. The van der Waals surface area contributed by atoms with Crippen molar-refractivity contribution >= 4 is 18.5 Å². The molecule has 10 heteroatoms. The van der Waals surface area contributed by atoms with Gasteiger partial charge in [-0.15, -0.1) is 13.2 Å². The van der Waals surface area contributed by atoms with Crippen LogP contribution in [-0.4, -0.2) is 61.8 Å². The van der Waals surface area contributed by atoms with E-state index in [1.54, 1.807) is 0 Å². The van der Waals surface area contributed by atoms with Crippen LogP contribution in [0.4, 0.5) is 13.2 Å². The number of morpholine rings is 1. The van der Waals surface area contributed by atoms with Gasteiger partial charge >= 0.3 is 13.5 Å². The molecule has 1 aromatic rings. The molecule has 1 aromatic carbocycles. The molecule has 2 fully saturated rings. The summed E-state index contributed by atoms with van der Waals surface area (Å²) in [7, 11) is -0.918. The van der Waals surface area contributed by atoms with E-state index in [4.69, 9.17) is 14.0 Å². The third-order valence-corrected chi connectivity index (χ3v) is 5.23. The predicted molar refractivity (Wildman–Crippen MR) is 95.6 cm³/mol. The molecule has 2 aliphatic rings. The number of nitrogens with zero attached hydrogens (tertiary/aromatic N) is 1. The molecular formula is C18H23BF3NO5.